The molecule has 2 aromatic carbocycles. The molecule has 0 amide bonds. The molecule has 1 heterocycles. The summed E-state index contributed by atoms with van der Waals surface area (Å²) in [5.41, 5.74) is 1.40. The molecule has 0 saturated heterocycles. The SMILES string of the molecule is CN(C)S(=O)(=O)c1ccc(COC(=O)c2ccc(OCc3ccccc3)cc2)o1. The van der Waals surface area contributed by atoms with Gasteiger partial charge in [0.05, 0.1) is 5.56 Å². The number of ether oxygens (including phenoxy) is 2. The van der Waals surface area contributed by atoms with Gasteiger partial charge in [0, 0.05) is 14.1 Å². The molecule has 29 heavy (non-hydrogen) atoms. The average molecular weight is 415 g/mol. The highest BCUT2D eigenvalue weighted by atomic mass is 32.2. The van der Waals surface area contributed by atoms with E-state index in [-0.39, 0.29) is 17.5 Å². The standard InChI is InChI=1S/C21H21NO6S/c1-22(2)29(24,25)20-13-12-19(28-20)15-27-21(23)17-8-10-18(11-9-17)26-14-16-6-4-3-5-7-16/h3-13H,14-15H2,1-2H3. The lowest BCUT2D eigenvalue weighted by molar-refractivity contribution is 0.0440. The monoisotopic (exact) mass is 415 g/mol. The van der Waals surface area contributed by atoms with Crippen molar-refractivity contribution in [3.63, 3.8) is 0 Å². The van der Waals surface area contributed by atoms with E-state index in [1.54, 1.807) is 24.3 Å². The summed E-state index contributed by atoms with van der Waals surface area (Å²) in [4.78, 5) is 12.2. The van der Waals surface area contributed by atoms with Gasteiger partial charge in [-0.1, -0.05) is 30.3 Å². The molecule has 8 heteroatoms. The number of rotatable bonds is 8. The smallest absolute Gasteiger partial charge is 0.338 e. The second-order valence-electron chi connectivity index (χ2n) is 6.38. The summed E-state index contributed by atoms with van der Waals surface area (Å²) >= 11 is 0. The highest BCUT2D eigenvalue weighted by molar-refractivity contribution is 7.88. The zero-order valence-electron chi connectivity index (χ0n) is 16.1. The predicted octanol–water partition coefficient (Wildman–Crippen LogP) is 3.47. The first kappa shape index (κ1) is 20.6. The fourth-order valence-electron chi connectivity index (χ4n) is 2.40. The van der Waals surface area contributed by atoms with Crippen LogP contribution in [0.1, 0.15) is 21.7 Å². The van der Waals surface area contributed by atoms with E-state index in [0.717, 1.165) is 9.87 Å². The normalized spacial score (nSPS) is 11.4. The van der Waals surface area contributed by atoms with E-state index in [1.165, 1.54) is 26.2 Å². The molecule has 152 valence electrons. The van der Waals surface area contributed by atoms with Crippen molar-refractivity contribution in [1.29, 1.82) is 0 Å². The van der Waals surface area contributed by atoms with Crippen molar-refractivity contribution >= 4 is 16.0 Å². The van der Waals surface area contributed by atoms with E-state index < -0.39 is 16.0 Å². The van der Waals surface area contributed by atoms with Crippen LogP contribution in [0.4, 0.5) is 0 Å². The molecule has 0 fully saturated rings. The van der Waals surface area contributed by atoms with Crippen LogP contribution in [0.3, 0.4) is 0 Å². The number of carbonyl (C=O) groups excluding carboxylic acids is 1. The molecule has 3 rings (SSSR count). The molecule has 0 aliphatic carbocycles. The van der Waals surface area contributed by atoms with Crippen LogP contribution >= 0.6 is 0 Å². The predicted molar refractivity (Wildman–Crippen MR) is 106 cm³/mol. The van der Waals surface area contributed by atoms with E-state index in [0.29, 0.717) is 17.9 Å². The van der Waals surface area contributed by atoms with E-state index in [9.17, 15) is 13.2 Å². The van der Waals surface area contributed by atoms with Crippen LogP contribution in [0.2, 0.25) is 0 Å². The van der Waals surface area contributed by atoms with Crippen molar-refractivity contribution in [2.24, 2.45) is 0 Å². The topological polar surface area (TPSA) is 86.0 Å². The van der Waals surface area contributed by atoms with Crippen LogP contribution in [0.25, 0.3) is 0 Å². The largest absolute Gasteiger partial charge is 0.489 e. The first-order valence-electron chi connectivity index (χ1n) is 8.81. The molecule has 1 aromatic heterocycles. The third-order valence-corrected chi connectivity index (χ3v) is 5.75. The summed E-state index contributed by atoms with van der Waals surface area (Å²) in [5, 5.41) is -0.200. The molecule has 0 spiro atoms. The van der Waals surface area contributed by atoms with Crippen LogP contribution in [-0.4, -0.2) is 32.8 Å². The highest BCUT2D eigenvalue weighted by Crippen LogP contribution is 2.19. The van der Waals surface area contributed by atoms with Crippen LogP contribution in [-0.2, 0) is 28.0 Å². The molecule has 7 nitrogen and oxygen atoms in total. The maximum absolute atomic E-state index is 12.2. The molecule has 0 aliphatic heterocycles. The van der Waals surface area contributed by atoms with Crippen molar-refractivity contribution in [3.8, 4) is 5.75 Å². The fraction of sp³-hybridized carbons (Fsp3) is 0.190. The van der Waals surface area contributed by atoms with Gasteiger partial charge in [-0.05, 0) is 42.0 Å². The molecule has 0 bridgehead atoms. The molecular formula is C21H21NO6S. The zero-order chi connectivity index (χ0) is 20.9. The van der Waals surface area contributed by atoms with Gasteiger partial charge in [-0.2, -0.15) is 0 Å². The zero-order valence-corrected chi connectivity index (χ0v) is 16.9. The van der Waals surface area contributed by atoms with E-state index >= 15 is 0 Å². The van der Waals surface area contributed by atoms with Crippen LogP contribution in [0.5, 0.6) is 5.75 Å². The van der Waals surface area contributed by atoms with Crippen LogP contribution in [0, 0.1) is 0 Å². The molecule has 0 radical (unpaired) electrons. The molecule has 0 N–H and O–H groups in total. The Balaban J connectivity index is 1.54. The van der Waals surface area contributed by atoms with Crippen molar-refractivity contribution in [2.45, 2.75) is 18.3 Å². The maximum atomic E-state index is 12.2. The number of furan rings is 1. The summed E-state index contributed by atoms with van der Waals surface area (Å²) in [6, 6.07) is 19.1. The molecular weight excluding hydrogens is 394 g/mol. The summed E-state index contributed by atoms with van der Waals surface area (Å²) < 4.78 is 41.2. The van der Waals surface area contributed by atoms with Crippen LogP contribution in [0.15, 0.2) is 76.2 Å². The number of nitrogens with zero attached hydrogens (tertiary/aromatic N) is 1. The molecule has 3 aromatic rings. The second kappa shape index (κ2) is 8.93. The quantitative estimate of drug-likeness (QED) is 0.524. The fourth-order valence-corrected chi connectivity index (χ4v) is 3.21. The summed E-state index contributed by atoms with van der Waals surface area (Å²) in [5.74, 6) is 0.324. The molecule has 0 aliphatic rings. The lowest BCUT2D eigenvalue weighted by atomic mass is 10.2. The molecule has 0 atom stereocenters. The van der Waals surface area contributed by atoms with Gasteiger partial charge < -0.3 is 13.9 Å². The van der Waals surface area contributed by atoms with Gasteiger partial charge in [0.2, 0.25) is 5.09 Å². The van der Waals surface area contributed by atoms with Gasteiger partial charge in [-0.25, -0.2) is 17.5 Å². The number of esters is 1. The van der Waals surface area contributed by atoms with E-state index in [1.807, 2.05) is 30.3 Å². The van der Waals surface area contributed by atoms with Gasteiger partial charge in [0.15, 0.2) is 0 Å². The van der Waals surface area contributed by atoms with Gasteiger partial charge in [-0.3, -0.25) is 0 Å². The molecule has 0 unspecified atom stereocenters. The van der Waals surface area contributed by atoms with Crippen molar-refractivity contribution in [3.05, 3.63) is 83.6 Å². The Labute approximate surface area is 169 Å². The third kappa shape index (κ3) is 5.24. The minimum absolute atomic E-state index is 0.173. The van der Waals surface area contributed by atoms with Gasteiger partial charge in [-0.15, -0.1) is 0 Å². The number of carbonyl (C=O) groups is 1. The Morgan fingerprint density at radius 1 is 0.931 bits per heavy atom. The Bertz CT molecular complexity index is 1060. The Hall–Kier alpha value is -3.10. The highest BCUT2D eigenvalue weighted by Gasteiger charge is 2.21. The van der Waals surface area contributed by atoms with Crippen molar-refractivity contribution < 1.29 is 27.1 Å². The first-order valence-corrected chi connectivity index (χ1v) is 10.3. The lowest BCUT2D eigenvalue weighted by Gasteiger charge is -2.08. The second-order valence-corrected chi connectivity index (χ2v) is 8.47. The van der Waals surface area contributed by atoms with Gasteiger partial charge >= 0.3 is 5.97 Å². The van der Waals surface area contributed by atoms with Crippen LogP contribution < -0.4 is 4.74 Å². The maximum Gasteiger partial charge on any atom is 0.338 e. The Kier molecular flexibility index (Phi) is 6.36. The minimum Gasteiger partial charge on any atom is -0.489 e. The Morgan fingerprint density at radius 3 is 2.28 bits per heavy atom. The van der Waals surface area contributed by atoms with Crippen molar-refractivity contribution in [2.75, 3.05) is 14.1 Å². The number of hydrogen-bond donors (Lipinski definition) is 0. The lowest BCUT2D eigenvalue weighted by Crippen LogP contribution is -2.21. The summed E-state index contributed by atoms with van der Waals surface area (Å²) in [6.45, 7) is 0.259. The van der Waals surface area contributed by atoms with Gasteiger partial charge in [0.25, 0.3) is 10.0 Å². The number of sulfonamides is 1. The third-order valence-electron chi connectivity index (χ3n) is 4.06. The molecule has 0 saturated carbocycles. The average Bonchev–Trinajstić information content (AvgIpc) is 3.21. The van der Waals surface area contributed by atoms with E-state index in [4.69, 9.17) is 13.9 Å². The minimum atomic E-state index is -3.66. The van der Waals surface area contributed by atoms with E-state index in [2.05, 4.69) is 0 Å². The number of hydrogen-bond acceptors (Lipinski definition) is 6. The summed E-state index contributed by atoms with van der Waals surface area (Å²) in [7, 11) is -0.850. The summed E-state index contributed by atoms with van der Waals surface area (Å²) in [6.07, 6.45) is 0. The first-order chi connectivity index (χ1) is 13.9. The van der Waals surface area contributed by atoms with Gasteiger partial charge in [0.1, 0.15) is 24.7 Å². The number of benzene rings is 2. The Morgan fingerprint density at radius 2 is 1.62 bits per heavy atom. The van der Waals surface area contributed by atoms with Crippen molar-refractivity contribution in [1.82, 2.24) is 4.31 Å².